The zero-order valence-electron chi connectivity index (χ0n) is 17.5. The van der Waals surface area contributed by atoms with E-state index in [0.717, 1.165) is 21.1 Å². The van der Waals surface area contributed by atoms with Crippen molar-refractivity contribution in [3.8, 4) is 5.75 Å². The number of halogens is 2. The van der Waals surface area contributed by atoms with Gasteiger partial charge < -0.3 is 9.64 Å². The number of amides is 1. The normalized spacial score (nSPS) is 15.0. The number of hydrogen-bond donors (Lipinski definition) is 1. The zero-order chi connectivity index (χ0) is 21.9. The summed E-state index contributed by atoms with van der Waals surface area (Å²) in [5, 5.41) is 4.08. The molecular formula is C23H25Br2N3O2. The van der Waals surface area contributed by atoms with Crippen molar-refractivity contribution >= 4 is 55.2 Å². The van der Waals surface area contributed by atoms with Gasteiger partial charge in [-0.25, -0.2) is 5.43 Å². The molecule has 0 radical (unpaired) electrons. The smallest absolute Gasteiger partial charge is 0.277 e. The van der Waals surface area contributed by atoms with Crippen molar-refractivity contribution in [3.05, 3.63) is 62.5 Å². The Labute approximate surface area is 194 Å². The van der Waals surface area contributed by atoms with Gasteiger partial charge >= 0.3 is 0 Å². The first-order valence-electron chi connectivity index (χ1n) is 9.72. The number of hydrazone groups is 1. The molecule has 2 aromatic carbocycles. The van der Waals surface area contributed by atoms with E-state index in [1.165, 1.54) is 16.8 Å². The number of likely N-dealkylation sites (N-methyl/N-ethyl adjacent to an activating group) is 1. The summed E-state index contributed by atoms with van der Waals surface area (Å²) in [6.45, 7) is 9.56. The Morgan fingerprint density at radius 3 is 2.70 bits per heavy atom. The highest BCUT2D eigenvalue weighted by Crippen LogP contribution is 2.38. The summed E-state index contributed by atoms with van der Waals surface area (Å²) in [4.78, 5) is 14.4. The summed E-state index contributed by atoms with van der Waals surface area (Å²) in [6.07, 6.45) is 3.94. The third-order valence-electron chi connectivity index (χ3n) is 4.97. The van der Waals surface area contributed by atoms with Crippen molar-refractivity contribution in [1.82, 2.24) is 5.43 Å². The quantitative estimate of drug-likeness (QED) is 0.378. The number of hydrogen-bond acceptors (Lipinski definition) is 4. The minimum absolute atomic E-state index is 0.0146. The summed E-state index contributed by atoms with van der Waals surface area (Å²) in [5.74, 6) is 0.270. The first kappa shape index (κ1) is 22.6. The maximum Gasteiger partial charge on any atom is 0.277 e. The lowest BCUT2D eigenvalue weighted by atomic mass is 9.88. The Morgan fingerprint density at radius 1 is 1.23 bits per heavy atom. The Morgan fingerprint density at radius 2 is 2.00 bits per heavy atom. The molecule has 7 heteroatoms. The van der Waals surface area contributed by atoms with Gasteiger partial charge in [-0.3, -0.25) is 4.79 Å². The molecule has 1 aliphatic rings. The van der Waals surface area contributed by atoms with Gasteiger partial charge in [0.1, 0.15) is 5.75 Å². The second-order valence-corrected chi connectivity index (χ2v) is 9.43. The molecule has 0 aromatic heterocycles. The number of benzene rings is 2. The molecule has 3 rings (SSSR count). The Balaban J connectivity index is 1.63. The third kappa shape index (κ3) is 5.13. The van der Waals surface area contributed by atoms with Crippen molar-refractivity contribution in [2.45, 2.75) is 33.2 Å². The lowest BCUT2D eigenvalue weighted by Crippen LogP contribution is -2.44. The van der Waals surface area contributed by atoms with Crippen LogP contribution in [0.25, 0.3) is 5.57 Å². The van der Waals surface area contributed by atoms with Gasteiger partial charge in [-0.2, -0.15) is 5.10 Å². The first-order chi connectivity index (χ1) is 14.2. The van der Waals surface area contributed by atoms with E-state index in [4.69, 9.17) is 4.74 Å². The van der Waals surface area contributed by atoms with E-state index in [2.05, 4.69) is 93.2 Å². The zero-order valence-corrected chi connectivity index (χ0v) is 20.7. The molecular weight excluding hydrogens is 510 g/mol. The van der Waals surface area contributed by atoms with E-state index in [-0.39, 0.29) is 18.1 Å². The average molecular weight is 535 g/mol. The van der Waals surface area contributed by atoms with Crippen LogP contribution in [0.3, 0.4) is 0 Å². The highest BCUT2D eigenvalue weighted by atomic mass is 79.9. The Kier molecular flexibility index (Phi) is 7.03. The van der Waals surface area contributed by atoms with E-state index < -0.39 is 0 Å². The van der Waals surface area contributed by atoms with Crippen molar-refractivity contribution in [2.75, 3.05) is 18.1 Å². The molecule has 1 amide bonds. The van der Waals surface area contributed by atoms with Crippen LogP contribution >= 0.6 is 31.9 Å². The fourth-order valence-electron chi connectivity index (χ4n) is 3.71. The SMILES string of the molecule is CCN1c2ccc(/C=N/NC(=O)COc3ccc(Br)cc3Br)cc2C(C)=CC1(C)C. The van der Waals surface area contributed by atoms with Crippen LogP contribution in [-0.2, 0) is 4.79 Å². The van der Waals surface area contributed by atoms with Gasteiger partial charge in [0.05, 0.1) is 16.2 Å². The summed E-state index contributed by atoms with van der Waals surface area (Å²) in [5.41, 5.74) is 7.08. The number of carbonyl (C=O) groups is 1. The molecule has 158 valence electrons. The van der Waals surface area contributed by atoms with Crippen molar-refractivity contribution in [2.24, 2.45) is 5.10 Å². The lowest BCUT2D eigenvalue weighted by molar-refractivity contribution is -0.123. The minimum Gasteiger partial charge on any atom is -0.483 e. The van der Waals surface area contributed by atoms with Gasteiger partial charge in [-0.05, 0) is 85.1 Å². The molecule has 30 heavy (non-hydrogen) atoms. The van der Waals surface area contributed by atoms with Gasteiger partial charge in [-0.1, -0.05) is 28.1 Å². The summed E-state index contributed by atoms with van der Waals surface area (Å²) >= 11 is 6.79. The minimum atomic E-state index is -0.325. The standard InChI is InChI=1S/C23H25Br2N3O2/c1-5-28-20-8-6-16(10-18(20)15(2)12-23(28,3)4)13-26-27-22(29)14-30-21-9-7-17(24)11-19(21)25/h6-13H,5,14H2,1-4H3,(H,27,29)/b26-13+. The number of fused-ring (bicyclic) bond motifs is 1. The summed E-state index contributed by atoms with van der Waals surface area (Å²) in [7, 11) is 0. The average Bonchev–Trinajstić information content (AvgIpc) is 2.67. The Bertz CT molecular complexity index is 1020. The molecule has 0 fully saturated rings. The topological polar surface area (TPSA) is 53.9 Å². The predicted octanol–water partition coefficient (Wildman–Crippen LogP) is 5.76. The predicted molar refractivity (Wildman–Crippen MR) is 130 cm³/mol. The van der Waals surface area contributed by atoms with Gasteiger partial charge in [0.2, 0.25) is 0 Å². The van der Waals surface area contributed by atoms with Gasteiger partial charge in [0.15, 0.2) is 6.61 Å². The Hall–Kier alpha value is -2.12. The van der Waals surface area contributed by atoms with E-state index in [1.807, 2.05) is 18.2 Å². The first-order valence-corrected chi connectivity index (χ1v) is 11.3. The molecule has 2 aromatic rings. The molecule has 0 spiro atoms. The maximum atomic E-state index is 12.0. The molecule has 1 heterocycles. The number of anilines is 1. The monoisotopic (exact) mass is 533 g/mol. The van der Waals surface area contributed by atoms with Crippen molar-refractivity contribution in [3.63, 3.8) is 0 Å². The molecule has 0 aliphatic carbocycles. The summed E-state index contributed by atoms with van der Waals surface area (Å²) < 4.78 is 7.22. The number of ether oxygens (including phenoxy) is 1. The second kappa shape index (κ2) is 9.35. The van der Waals surface area contributed by atoms with E-state index in [9.17, 15) is 4.79 Å². The fraction of sp³-hybridized carbons (Fsp3) is 0.304. The summed E-state index contributed by atoms with van der Waals surface area (Å²) in [6, 6.07) is 11.7. The van der Waals surface area contributed by atoms with Crippen LogP contribution in [0.15, 0.2) is 56.5 Å². The number of rotatable bonds is 6. The van der Waals surface area contributed by atoms with Crippen LogP contribution < -0.4 is 15.1 Å². The fourth-order valence-corrected chi connectivity index (χ4v) is 4.87. The van der Waals surface area contributed by atoms with Crippen LogP contribution in [0, 0.1) is 0 Å². The van der Waals surface area contributed by atoms with Crippen LogP contribution in [0.2, 0.25) is 0 Å². The number of nitrogens with one attached hydrogen (secondary N) is 1. The van der Waals surface area contributed by atoms with Crippen LogP contribution in [0.5, 0.6) is 5.75 Å². The second-order valence-electron chi connectivity index (χ2n) is 7.66. The molecule has 5 nitrogen and oxygen atoms in total. The van der Waals surface area contributed by atoms with Crippen molar-refractivity contribution in [1.29, 1.82) is 0 Å². The number of carbonyl (C=O) groups excluding carboxylic acids is 1. The van der Waals surface area contributed by atoms with Gasteiger partial charge in [0.25, 0.3) is 5.91 Å². The van der Waals surface area contributed by atoms with E-state index in [0.29, 0.717) is 5.75 Å². The number of allylic oxidation sites excluding steroid dienone is 1. The molecule has 1 aliphatic heterocycles. The van der Waals surface area contributed by atoms with Crippen molar-refractivity contribution < 1.29 is 9.53 Å². The molecule has 0 unspecified atom stereocenters. The maximum absolute atomic E-state index is 12.0. The molecule has 0 bridgehead atoms. The molecule has 0 saturated heterocycles. The van der Waals surface area contributed by atoms with E-state index >= 15 is 0 Å². The highest BCUT2D eigenvalue weighted by Gasteiger charge is 2.29. The van der Waals surface area contributed by atoms with Crippen LogP contribution in [-0.4, -0.2) is 30.8 Å². The van der Waals surface area contributed by atoms with E-state index in [1.54, 1.807) is 12.3 Å². The van der Waals surface area contributed by atoms with Crippen LogP contribution in [0.1, 0.15) is 38.8 Å². The largest absolute Gasteiger partial charge is 0.483 e. The lowest BCUT2D eigenvalue weighted by Gasteiger charge is -2.42. The molecule has 0 atom stereocenters. The molecule has 0 saturated carbocycles. The molecule has 1 N–H and O–H groups in total. The van der Waals surface area contributed by atoms with Gasteiger partial charge in [-0.15, -0.1) is 0 Å². The van der Waals surface area contributed by atoms with Crippen LogP contribution in [0.4, 0.5) is 5.69 Å². The highest BCUT2D eigenvalue weighted by molar-refractivity contribution is 9.11. The number of nitrogens with zero attached hydrogens (tertiary/aromatic N) is 2. The van der Waals surface area contributed by atoms with Gasteiger partial charge in [0, 0.05) is 22.3 Å². The third-order valence-corrected chi connectivity index (χ3v) is 6.09.